The molecule has 0 atom stereocenters. The number of amides is 2. The highest BCUT2D eigenvalue weighted by molar-refractivity contribution is 6.68. The number of alkyl halides is 6. The second-order valence-corrected chi connectivity index (χ2v) is 7.57. The van der Waals surface area contributed by atoms with Gasteiger partial charge < -0.3 is 9.47 Å². The van der Waals surface area contributed by atoms with E-state index in [1.165, 1.54) is 0 Å². The predicted molar refractivity (Wildman–Crippen MR) is 68.1 cm³/mol. The highest BCUT2D eigenvalue weighted by Gasteiger charge is 2.23. The van der Waals surface area contributed by atoms with Crippen molar-refractivity contribution in [2.75, 3.05) is 13.2 Å². The van der Waals surface area contributed by atoms with Gasteiger partial charge in [-0.2, -0.15) is 0 Å². The van der Waals surface area contributed by atoms with Crippen LogP contribution in [-0.4, -0.2) is 33.0 Å². The second-order valence-electron chi connectivity index (χ2n) is 2.54. The molecule has 0 aliphatic rings. The van der Waals surface area contributed by atoms with Crippen molar-refractivity contribution in [1.82, 2.24) is 0 Å². The van der Waals surface area contributed by atoms with Gasteiger partial charge in [-0.1, -0.05) is 79.8 Å². The van der Waals surface area contributed by atoms with Crippen LogP contribution in [-0.2, 0) is 9.47 Å². The molecule has 0 bridgehead atoms. The third kappa shape index (κ3) is 12.7. The maximum absolute atomic E-state index is 10.9. The molecular weight excluding hydrogens is 377 g/mol. The van der Waals surface area contributed by atoms with Gasteiger partial charge in [0.25, 0.3) is 0 Å². The zero-order valence-electron chi connectivity index (χ0n) is 8.21. The van der Waals surface area contributed by atoms with Crippen molar-refractivity contribution in [3.63, 3.8) is 0 Å². The Kier molecular flexibility index (Phi) is 7.89. The summed E-state index contributed by atoms with van der Waals surface area (Å²) in [5, 5.41) is 5.62. The molecule has 0 aliphatic heterocycles. The number of carbonyl (C=O) groups excluding carboxylic acids is 2. The average Bonchev–Trinajstić information content (AvgIpc) is 2.18. The quantitative estimate of drug-likeness (QED) is 0.523. The number of hydrogen-bond donors (Lipinski definition) is 0. The van der Waals surface area contributed by atoms with Gasteiger partial charge in [0.1, 0.15) is 13.2 Å². The first kappa shape index (κ1) is 18.3. The molecule has 0 aromatic carbocycles. The van der Waals surface area contributed by atoms with Crippen LogP contribution in [0.3, 0.4) is 0 Å². The van der Waals surface area contributed by atoms with E-state index in [-0.39, 0.29) is 0 Å². The molecule has 0 aliphatic carbocycles. The highest BCUT2D eigenvalue weighted by Crippen LogP contribution is 2.26. The molecule has 0 saturated heterocycles. The number of halogens is 6. The van der Waals surface area contributed by atoms with E-state index in [0.29, 0.717) is 0 Å². The Balaban J connectivity index is 4.00. The van der Waals surface area contributed by atoms with Crippen molar-refractivity contribution in [1.29, 1.82) is 0 Å². The summed E-state index contributed by atoms with van der Waals surface area (Å²) < 4.78 is 5.06. The van der Waals surface area contributed by atoms with Crippen LogP contribution in [0, 0.1) is 0 Å². The molecule has 0 N–H and O–H groups in total. The normalized spacial score (nSPS) is 12.6. The van der Waals surface area contributed by atoms with Gasteiger partial charge in [0.05, 0.1) is 0 Å². The lowest BCUT2D eigenvalue weighted by atomic mass is 10.8. The minimum atomic E-state index is -1.79. The van der Waals surface area contributed by atoms with Crippen LogP contribution in [0.25, 0.3) is 0 Å². The van der Waals surface area contributed by atoms with Gasteiger partial charge in [0, 0.05) is 0 Å². The topological polar surface area (TPSA) is 77.3 Å². The number of azo groups is 1. The third-order valence-corrected chi connectivity index (χ3v) is 1.59. The molecule has 0 spiro atoms. The van der Waals surface area contributed by atoms with Gasteiger partial charge in [-0.25, -0.2) is 9.59 Å². The first-order chi connectivity index (χ1) is 7.99. The summed E-state index contributed by atoms with van der Waals surface area (Å²) in [5.74, 6) is 0. The minimum absolute atomic E-state index is 0.557. The molecule has 0 rings (SSSR count). The van der Waals surface area contributed by atoms with E-state index in [0.717, 1.165) is 0 Å². The fourth-order valence-electron chi connectivity index (χ4n) is 0.427. The molecule has 0 heterocycles. The average molecular weight is 381 g/mol. The van der Waals surface area contributed by atoms with Crippen LogP contribution in [0.5, 0.6) is 0 Å². The van der Waals surface area contributed by atoms with Crippen LogP contribution in [0.1, 0.15) is 0 Å². The lowest BCUT2D eigenvalue weighted by Crippen LogP contribution is -2.16. The molecule has 0 unspecified atom stereocenters. The summed E-state index contributed by atoms with van der Waals surface area (Å²) in [6, 6.07) is 0. The zero-order chi connectivity index (χ0) is 14.4. The van der Waals surface area contributed by atoms with Crippen molar-refractivity contribution in [2.24, 2.45) is 10.2 Å². The Bertz CT molecular complexity index is 304. The fourth-order valence-corrected chi connectivity index (χ4v) is 0.754. The largest absolute Gasteiger partial charge is 0.452 e. The monoisotopic (exact) mass is 378 g/mol. The third-order valence-electron chi connectivity index (χ3n) is 0.932. The fraction of sp³-hybridized carbons (Fsp3) is 0.667. The van der Waals surface area contributed by atoms with Crippen molar-refractivity contribution in [2.45, 2.75) is 7.59 Å². The molecule has 0 aromatic heterocycles. The smallest absolute Gasteiger partial charge is 0.442 e. The van der Waals surface area contributed by atoms with Crippen LogP contribution in [0.2, 0.25) is 0 Å². The minimum Gasteiger partial charge on any atom is -0.442 e. The molecule has 6 nitrogen and oxygen atoms in total. The first-order valence-corrected chi connectivity index (χ1v) is 6.15. The number of ether oxygens (including phenoxy) is 2. The van der Waals surface area contributed by atoms with Crippen molar-refractivity contribution < 1.29 is 19.1 Å². The lowest BCUT2D eigenvalue weighted by molar-refractivity contribution is 0.148. The van der Waals surface area contributed by atoms with E-state index < -0.39 is 33.0 Å². The van der Waals surface area contributed by atoms with Gasteiger partial charge in [0.2, 0.25) is 7.59 Å². The molecule has 0 aromatic rings. The molecule has 0 saturated carbocycles. The SMILES string of the molecule is O=C(/N=N\C(=O)OCC(Cl)(Cl)Cl)OCC(Cl)(Cl)Cl. The molecule has 2 amide bonds. The maximum atomic E-state index is 10.9. The van der Waals surface area contributed by atoms with Crippen LogP contribution < -0.4 is 0 Å². The maximum Gasteiger partial charge on any atom is 0.452 e. The van der Waals surface area contributed by atoms with E-state index in [2.05, 4.69) is 19.7 Å². The number of nitrogens with zero attached hydrogens (tertiary/aromatic N) is 2. The van der Waals surface area contributed by atoms with Gasteiger partial charge in [-0.05, 0) is 0 Å². The first-order valence-electron chi connectivity index (χ1n) is 3.88. The van der Waals surface area contributed by atoms with Crippen molar-refractivity contribution in [3.05, 3.63) is 0 Å². The van der Waals surface area contributed by atoms with E-state index in [1.807, 2.05) is 0 Å². The Morgan fingerprint density at radius 3 is 1.28 bits per heavy atom. The van der Waals surface area contributed by atoms with Crippen molar-refractivity contribution >= 4 is 81.8 Å². The van der Waals surface area contributed by atoms with Gasteiger partial charge in [-0.3, -0.25) is 0 Å². The summed E-state index contributed by atoms with van der Waals surface area (Å²) in [7, 11) is 0. The van der Waals surface area contributed by atoms with Crippen LogP contribution in [0.4, 0.5) is 9.59 Å². The lowest BCUT2D eigenvalue weighted by Gasteiger charge is -2.09. The Hall–Kier alpha value is 0.280. The zero-order valence-corrected chi connectivity index (χ0v) is 12.7. The summed E-state index contributed by atoms with van der Waals surface area (Å²) in [6.45, 7) is -1.11. The summed E-state index contributed by atoms with van der Waals surface area (Å²) in [4.78, 5) is 21.7. The molecule has 0 fully saturated rings. The second kappa shape index (κ2) is 7.77. The van der Waals surface area contributed by atoms with E-state index >= 15 is 0 Å². The predicted octanol–water partition coefficient (Wildman–Crippen LogP) is 4.45. The van der Waals surface area contributed by atoms with Gasteiger partial charge >= 0.3 is 12.2 Å². The Morgan fingerprint density at radius 2 is 1.06 bits per heavy atom. The number of rotatable bonds is 2. The number of hydrogen-bond acceptors (Lipinski definition) is 4. The summed E-state index contributed by atoms with van der Waals surface area (Å²) in [6.07, 6.45) is -2.49. The molecular formula is C6H4Cl6N2O4. The molecule has 0 radical (unpaired) electrons. The van der Waals surface area contributed by atoms with Crippen LogP contribution >= 0.6 is 69.6 Å². The molecule has 104 valence electrons. The van der Waals surface area contributed by atoms with Gasteiger partial charge in [-0.15, -0.1) is 0 Å². The van der Waals surface area contributed by atoms with Crippen molar-refractivity contribution in [3.8, 4) is 0 Å². The molecule has 12 heteroatoms. The van der Waals surface area contributed by atoms with E-state index in [4.69, 9.17) is 69.6 Å². The summed E-state index contributed by atoms with van der Waals surface area (Å²) >= 11 is 31.7. The Morgan fingerprint density at radius 1 is 0.778 bits per heavy atom. The molecule has 18 heavy (non-hydrogen) atoms. The van der Waals surface area contributed by atoms with E-state index in [9.17, 15) is 9.59 Å². The van der Waals surface area contributed by atoms with Gasteiger partial charge in [0.15, 0.2) is 0 Å². The Labute approximate surface area is 131 Å². The standard InChI is InChI=1S/C6H4Cl6N2O4/c7-5(8,9)1-17-3(15)13-14-4(16)18-2-6(10,11)12/h1-2H2/b14-13-. The highest BCUT2D eigenvalue weighted by atomic mass is 35.6. The van der Waals surface area contributed by atoms with Crippen LogP contribution in [0.15, 0.2) is 10.2 Å². The number of carbonyl (C=O) groups is 2. The summed E-state index contributed by atoms with van der Waals surface area (Å²) in [5.41, 5.74) is 0. The van der Waals surface area contributed by atoms with E-state index in [1.54, 1.807) is 0 Å².